The highest BCUT2D eigenvalue weighted by Gasteiger charge is 2.19. The van der Waals surface area contributed by atoms with E-state index in [1.165, 1.54) is 0 Å². The van der Waals surface area contributed by atoms with Gasteiger partial charge in [-0.3, -0.25) is 9.59 Å². The van der Waals surface area contributed by atoms with Gasteiger partial charge >= 0.3 is 0 Å². The molecular weight excluding hydrogens is 346 g/mol. The van der Waals surface area contributed by atoms with E-state index in [1.54, 1.807) is 37.4 Å². The Hall–Kier alpha value is -2.51. The fourth-order valence-electron chi connectivity index (χ4n) is 2.60. The van der Waals surface area contributed by atoms with Crippen LogP contribution in [0, 0.1) is 0 Å². The Kier molecular flexibility index (Phi) is 5.25. The molecule has 0 bridgehead atoms. The lowest BCUT2D eigenvalue weighted by Gasteiger charge is -2.29. The molecule has 2 N–H and O–H groups in total. The number of anilines is 2. The Bertz CT molecular complexity index is 790. The summed E-state index contributed by atoms with van der Waals surface area (Å²) >= 11 is 6.32. The van der Waals surface area contributed by atoms with Crippen molar-refractivity contribution in [3.63, 3.8) is 0 Å². The van der Waals surface area contributed by atoms with E-state index < -0.39 is 0 Å². The second-order valence-electron chi connectivity index (χ2n) is 5.59. The molecule has 0 aliphatic carbocycles. The number of carbonyl (C=O) groups is 2. The van der Waals surface area contributed by atoms with Crippen LogP contribution in [0.4, 0.5) is 11.4 Å². The van der Waals surface area contributed by atoms with Crippen LogP contribution in [-0.4, -0.2) is 38.6 Å². The summed E-state index contributed by atoms with van der Waals surface area (Å²) in [6.07, 6.45) is 0. The molecule has 0 spiro atoms. The van der Waals surface area contributed by atoms with Gasteiger partial charge in [0.05, 0.1) is 17.3 Å². The smallest absolute Gasteiger partial charge is 0.291 e. The van der Waals surface area contributed by atoms with Crippen molar-refractivity contribution in [1.82, 2.24) is 5.32 Å². The van der Waals surface area contributed by atoms with Gasteiger partial charge in [-0.25, -0.2) is 0 Å². The van der Waals surface area contributed by atoms with E-state index in [0.717, 1.165) is 5.69 Å². The first-order valence-electron chi connectivity index (χ1n) is 7.77. The summed E-state index contributed by atoms with van der Waals surface area (Å²) in [5.41, 5.74) is 1.31. The number of nitrogens with one attached hydrogen (secondary N) is 2. The molecule has 2 heterocycles. The topological polar surface area (TPSA) is 83.8 Å². The molecule has 2 amide bonds. The van der Waals surface area contributed by atoms with Gasteiger partial charge in [-0.05, 0) is 30.3 Å². The third-order valence-corrected chi connectivity index (χ3v) is 4.06. The van der Waals surface area contributed by atoms with Crippen LogP contribution in [-0.2, 0) is 16.1 Å². The normalized spacial score (nSPS) is 14.3. The standard InChI is InChI=1S/C17H18ClN3O4/c1-24-10-12-3-5-15(25-12)17(23)20-11-2-4-14(13(18)8-11)21-7-6-19-16(22)9-21/h2-5,8H,6-7,9-10H2,1H3,(H,19,22)(H,20,23). The lowest BCUT2D eigenvalue weighted by atomic mass is 10.2. The predicted molar refractivity (Wildman–Crippen MR) is 94.0 cm³/mol. The number of ether oxygens (including phenoxy) is 1. The van der Waals surface area contributed by atoms with Gasteiger partial charge in [0, 0.05) is 25.9 Å². The second kappa shape index (κ2) is 7.58. The number of furan rings is 1. The number of rotatable bonds is 5. The summed E-state index contributed by atoms with van der Waals surface area (Å²) in [7, 11) is 1.55. The van der Waals surface area contributed by atoms with Crippen molar-refractivity contribution >= 4 is 34.8 Å². The zero-order valence-electron chi connectivity index (χ0n) is 13.7. The zero-order chi connectivity index (χ0) is 17.8. The molecule has 8 heteroatoms. The summed E-state index contributed by atoms with van der Waals surface area (Å²) < 4.78 is 10.4. The number of benzene rings is 1. The lowest BCUT2D eigenvalue weighted by molar-refractivity contribution is -0.120. The van der Waals surface area contributed by atoms with Crippen molar-refractivity contribution in [2.24, 2.45) is 0 Å². The molecule has 1 fully saturated rings. The highest BCUT2D eigenvalue weighted by molar-refractivity contribution is 6.33. The van der Waals surface area contributed by atoms with Gasteiger partial charge < -0.3 is 24.7 Å². The number of hydrogen-bond acceptors (Lipinski definition) is 5. The molecule has 2 aromatic rings. The number of halogens is 1. The SMILES string of the molecule is COCc1ccc(C(=O)Nc2ccc(N3CCNC(=O)C3)c(Cl)c2)o1. The predicted octanol–water partition coefficient (Wildman–Crippen LogP) is 2.27. The average Bonchev–Trinajstić information content (AvgIpc) is 3.04. The first-order valence-corrected chi connectivity index (χ1v) is 8.15. The summed E-state index contributed by atoms with van der Waals surface area (Å²) in [5.74, 6) is 0.359. The molecule has 1 aromatic heterocycles. The molecule has 1 aliphatic rings. The third-order valence-electron chi connectivity index (χ3n) is 3.76. The van der Waals surface area contributed by atoms with Crippen LogP contribution < -0.4 is 15.5 Å². The third kappa shape index (κ3) is 4.12. The summed E-state index contributed by atoms with van der Waals surface area (Å²) in [5, 5.41) is 5.97. The van der Waals surface area contributed by atoms with Gasteiger partial charge in [0.15, 0.2) is 5.76 Å². The maximum Gasteiger partial charge on any atom is 0.291 e. The van der Waals surface area contributed by atoms with Crippen LogP contribution in [0.2, 0.25) is 5.02 Å². The minimum Gasteiger partial charge on any atom is -0.453 e. The highest BCUT2D eigenvalue weighted by Crippen LogP contribution is 2.29. The van der Waals surface area contributed by atoms with Gasteiger partial charge in [0.1, 0.15) is 12.4 Å². The molecule has 132 valence electrons. The largest absolute Gasteiger partial charge is 0.453 e. The first-order chi connectivity index (χ1) is 12.1. The summed E-state index contributed by atoms with van der Waals surface area (Å²) in [6, 6.07) is 8.46. The van der Waals surface area contributed by atoms with Gasteiger partial charge in [0.25, 0.3) is 5.91 Å². The van der Waals surface area contributed by atoms with E-state index >= 15 is 0 Å². The van der Waals surface area contributed by atoms with Crippen LogP contribution in [0.3, 0.4) is 0 Å². The van der Waals surface area contributed by atoms with Crippen molar-refractivity contribution in [3.8, 4) is 0 Å². The molecule has 0 unspecified atom stereocenters. The van der Waals surface area contributed by atoms with Crippen molar-refractivity contribution in [2.45, 2.75) is 6.61 Å². The quantitative estimate of drug-likeness (QED) is 0.851. The molecule has 7 nitrogen and oxygen atoms in total. The van der Waals surface area contributed by atoms with Crippen LogP contribution in [0.15, 0.2) is 34.7 Å². The monoisotopic (exact) mass is 363 g/mol. The van der Waals surface area contributed by atoms with Gasteiger partial charge in [0.2, 0.25) is 5.91 Å². The Morgan fingerprint density at radius 2 is 2.24 bits per heavy atom. The van der Waals surface area contributed by atoms with Gasteiger partial charge in [-0.1, -0.05) is 11.6 Å². The Morgan fingerprint density at radius 1 is 1.40 bits per heavy atom. The van der Waals surface area contributed by atoms with E-state index in [1.807, 2.05) is 4.90 Å². The van der Waals surface area contributed by atoms with E-state index in [4.69, 9.17) is 20.8 Å². The van der Waals surface area contributed by atoms with Crippen LogP contribution in [0.1, 0.15) is 16.3 Å². The number of carbonyl (C=O) groups excluding carboxylic acids is 2. The highest BCUT2D eigenvalue weighted by atomic mass is 35.5. The Morgan fingerprint density at radius 3 is 2.96 bits per heavy atom. The van der Waals surface area contributed by atoms with Crippen LogP contribution in [0.25, 0.3) is 0 Å². The van der Waals surface area contributed by atoms with E-state index in [0.29, 0.717) is 36.2 Å². The molecule has 3 rings (SSSR count). The Labute approximate surface area is 149 Å². The number of methoxy groups -OCH3 is 1. The fraction of sp³-hybridized carbons (Fsp3) is 0.294. The van der Waals surface area contributed by atoms with Gasteiger partial charge in [-0.15, -0.1) is 0 Å². The fourth-order valence-corrected chi connectivity index (χ4v) is 2.90. The molecule has 0 radical (unpaired) electrons. The number of amides is 2. The number of nitrogens with zero attached hydrogens (tertiary/aromatic N) is 1. The second-order valence-corrected chi connectivity index (χ2v) is 6.00. The van der Waals surface area contributed by atoms with E-state index in [-0.39, 0.29) is 24.1 Å². The maximum atomic E-state index is 12.2. The van der Waals surface area contributed by atoms with Crippen LogP contribution >= 0.6 is 11.6 Å². The van der Waals surface area contributed by atoms with E-state index in [2.05, 4.69) is 10.6 Å². The minimum atomic E-state index is -0.372. The first kappa shape index (κ1) is 17.3. The van der Waals surface area contributed by atoms with Crippen molar-refractivity contribution in [1.29, 1.82) is 0 Å². The molecule has 1 aromatic carbocycles. The number of hydrogen-bond donors (Lipinski definition) is 2. The van der Waals surface area contributed by atoms with Crippen LogP contribution in [0.5, 0.6) is 0 Å². The summed E-state index contributed by atoms with van der Waals surface area (Å²) in [4.78, 5) is 25.6. The lowest BCUT2D eigenvalue weighted by Crippen LogP contribution is -2.47. The maximum absolute atomic E-state index is 12.2. The Balaban J connectivity index is 1.69. The average molecular weight is 364 g/mol. The van der Waals surface area contributed by atoms with E-state index in [9.17, 15) is 9.59 Å². The number of piperazine rings is 1. The molecule has 0 saturated carbocycles. The molecule has 25 heavy (non-hydrogen) atoms. The molecule has 1 saturated heterocycles. The van der Waals surface area contributed by atoms with Gasteiger partial charge in [-0.2, -0.15) is 0 Å². The van der Waals surface area contributed by atoms with Crippen molar-refractivity contribution in [3.05, 3.63) is 46.9 Å². The minimum absolute atomic E-state index is 0.0376. The summed E-state index contributed by atoms with van der Waals surface area (Å²) in [6.45, 7) is 1.83. The zero-order valence-corrected chi connectivity index (χ0v) is 14.4. The van der Waals surface area contributed by atoms with Crippen molar-refractivity contribution in [2.75, 3.05) is 37.0 Å². The molecule has 0 atom stereocenters. The molecule has 1 aliphatic heterocycles. The van der Waals surface area contributed by atoms with Crippen molar-refractivity contribution < 1.29 is 18.7 Å². The molecular formula is C17H18ClN3O4.